The second-order valence-corrected chi connectivity index (χ2v) is 8.35. The van der Waals surface area contributed by atoms with E-state index in [4.69, 9.17) is 5.84 Å². The first-order chi connectivity index (χ1) is 16.4. The molecule has 0 saturated carbocycles. The van der Waals surface area contributed by atoms with Crippen molar-refractivity contribution in [3.63, 3.8) is 0 Å². The number of nitrogens with two attached hydrogens (primary N) is 1. The van der Waals surface area contributed by atoms with Gasteiger partial charge in [-0.2, -0.15) is 83.1 Å². The van der Waals surface area contributed by atoms with E-state index in [2.05, 4.69) is 0 Å². The van der Waals surface area contributed by atoms with E-state index in [1.54, 1.807) is 0 Å². The molecule has 0 bridgehead atoms. The first-order valence-corrected chi connectivity index (χ1v) is 9.95. The fraction of sp³-hybridized carbons (Fsp3) is 0.857. The second kappa shape index (κ2) is 9.31. The summed E-state index contributed by atoms with van der Waals surface area (Å²) < 4.78 is 251. The van der Waals surface area contributed by atoms with Crippen LogP contribution in [-0.4, -0.2) is 96.0 Å². The number of hydrazine groups is 1. The molecule has 1 aliphatic rings. The molecule has 0 aliphatic carbocycles. The summed E-state index contributed by atoms with van der Waals surface area (Å²) in [6, 6.07) is -10.4. The molecule has 24 heteroatoms. The summed E-state index contributed by atoms with van der Waals surface area (Å²) in [6.45, 7) is -3.17. The van der Waals surface area contributed by atoms with Crippen LogP contribution in [0.5, 0.6) is 0 Å². The molecule has 1 rings (SSSR count). The summed E-state index contributed by atoms with van der Waals surface area (Å²) in [5.41, 5.74) is 0. The first kappa shape index (κ1) is 34.1. The normalized spacial score (nSPS) is 20.6. The SMILES string of the molecule is CC(=O)C1C(=S(=O)=O)N(N)CCN1C(F)(F)C(F)(F)C(F)(F)C(F)(F)C(F)(F)C(F)(F)C(F)(F)C(F)(F)F. The van der Waals surface area contributed by atoms with Crippen molar-refractivity contribution in [1.82, 2.24) is 9.91 Å². The zero-order chi connectivity index (χ0) is 30.9. The Morgan fingerprint density at radius 3 is 1.34 bits per heavy atom. The molecule has 2 N–H and O–H groups in total. The molecule has 1 atom stereocenters. The van der Waals surface area contributed by atoms with Crippen LogP contribution < -0.4 is 5.84 Å². The number of rotatable bonds is 8. The van der Waals surface area contributed by atoms with Crippen LogP contribution in [0.1, 0.15) is 6.92 Å². The highest BCUT2D eigenvalue weighted by molar-refractivity contribution is 7.73. The largest absolute Gasteiger partial charge is 0.460 e. The van der Waals surface area contributed by atoms with Gasteiger partial charge in [-0.1, -0.05) is 0 Å². The van der Waals surface area contributed by atoms with Crippen LogP contribution in [-0.2, 0) is 15.1 Å². The lowest BCUT2D eigenvalue weighted by atomic mass is 9.89. The van der Waals surface area contributed by atoms with Crippen molar-refractivity contribution in [3.05, 3.63) is 0 Å². The molecule has 0 radical (unpaired) electrons. The molecule has 1 fully saturated rings. The van der Waals surface area contributed by atoms with E-state index in [-0.39, 0.29) is 11.9 Å². The molecule has 0 aromatic heterocycles. The predicted octanol–water partition coefficient (Wildman–Crippen LogP) is 3.41. The van der Waals surface area contributed by atoms with Gasteiger partial charge >= 0.3 is 47.8 Å². The molecule has 0 amide bonds. The van der Waals surface area contributed by atoms with Crippen LogP contribution in [0.15, 0.2) is 0 Å². The van der Waals surface area contributed by atoms with Crippen molar-refractivity contribution < 1.29 is 87.8 Å². The Kier molecular flexibility index (Phi) is 8.35. The van der Waals surface area contributed by atoms with Gasteiger partial charge in [0, 0.05) is 13.1 Å². The Morgan fingerprint density at radius 1 is 0.684 bits per heavy atom. The van der Waals surface area contributed by atoms with E-state index in [0.717, 1.165) is 0 Å². The molecular weight excluding hydrogens is 613 g/mol. The topological polar surface area (TPSA) is 83.7 Å². The number of Topliss-reactive ketones (excluding diaryl/α,β-unsaturated/α-hetero) is 1. The smallest absolute Gasteiger partial charge is 0.298 e. The lowest BCUT2D eigenvalue weighted by molar-refractivity contribution is -0.468. The number of halogens is 17. The number of hydrogen-bond donors (Lipinski definition) is 1. The Balaban J connectivity index is 3.84. The summed E-state index contributed by atoms with van der Waals surface area (Å²) in [4.78, 5) is 8.29. The van der Waals surface area contributed by atoms with Gasteiger partial charge in [0.1, 0.15) is 6.04 Å². The fourth-order valence-electron chi connectivity index (χ4n) is 2.96. The average molecular weight is 623 g/mol. The maximum absolute atomic E-state index is 14.6. The summed E-state index contributed by atoms with van der Waals surface area (Å²) in [5.74, 6) is -48.2. The predicted molar refractivity (Wildman–Crippen MR) is 86.7 cm³/mol. The van der Waals surface area contributed by atoms with Gasteiger partial charge in [0.2, 0.25) is 10.3 Å². The number of piperazine rings is 1. The zero-order valence-electron chi connectivity index (χ0n) is 17.5. The Hall–Kier alpha value is -1.95. The number of carbonyl (C=O) groups is 1. The number of hydrogen-bond acceptors (Lipinski definition) is 5. The Morgan fingerprint density at radius 2 is 1.03 bits per heavy atom. The van der Waals surface area contributed by atoms with Crippen LogP contribution >= 0.6 is 0 Å². The van der Waals surface area contributed by atoms with Gasteiger partial charge in [-0.3, -0.25) is 10.6 Å². The Labute approximate surface area is 199 Å². The molecule has 0 spiro atoms. The van der Waals surface area contributed by atoms with Gasteiger partial charge < -0.3 is 0 Å². The van der Waals surface area contributed by atoms with E-state index in [9.17, 15) is 87.8 Å². The second-order valence-electron chi connectivity index (χ2n) is 7.46. The lowest BCUT2D eigenvalue weighted by Crippen LogP contribution is -2.77. The number of alkyl halides is 17. The van der Waals surface area contributed by atoms with Gasteiger partial charge in [0.15, 0.2) is 10.8 Å². The molecule has 0 aromatic carbocycles. The number of carbonyl (C=O) groups excluding carboxylic acids is 1. The van der Waals surface area contributed by atoms with Crippen LogP contribution in [0.4, 0.5) is 74.6 Å². The standard InChI is InChI=1S/C14H10F17N3O3S/c1-4(35)5-6(38(36)37)34(32)3-2-33(5)14(30,31)12(25,26)10(21,22)8(17,18)7(15,16)9(19,20)11(23,24)13(27,28)29/h5H,2-3,32H2,1H3. The van der Waals surface area contributed by atoms with Crippen molar-refractivity contribution in [2.45, 2.75) is 60.7 Å². The van der Waals surface area contributed by atoms with Gasteiger partial charge in [-0.25, -0.2) is 9.91 Å². The molecule has 1 unspecified atom stereocenters. The third kappa shape index (κ3) is 4.39. The van der Waals surface area contributed by atoms with Gasteiger partial charge in [-0.15, -0.1) is 0 Å². The highest BCUT2D eigenvalue weighted by atomic mass is 32.2. The summed E-state index contributed by atoms with van der Waals surface area (Å²) >= 11 is 0. The zero-order valence-corrected chi connectivity index (χ0v) is 18.3. The maximum Gasteiger partial charge on any atom is 0.460 e. The quantitative estimate of drug-likeness (QED) is 0.193. The van der Waals surface area contributed by atoms with E-state index < -0.39 is 92.9 Å². The Bertz CT molecular complexity index is 1080. The van der Waals surface area contributed by atoms with Crippen LogP contribution in [0, 0.1) is 0 Å². The van der Waals surface area contributed by atoms with Crippen molar-refractivity contribution in [2.24, 2.45) is 5.84 Å². The van der Waals surface area contributed by atoms with Crippen molar-refractivity contribution in [1.29, 1.82) is 0 Å². The fourth-order valence-corrected chi connectivity index (χ4v) is 3.72. The van der Waals surface area contributed by atoms with Crippen molar-refractivity contribution >= 4 is 21.1 Å². The summed E-state index contributed by atoms with van der Waals surface area (Å²) in [7, 11) is -3.92. The third-order valence-corrected chi connectivity index (χ3v) is 5.83. The first-order valence-electron chi connectivity index (χ1n) is 8.88. The highest BCUT2D eigenvalue weighted by Gasteiger charge is 2.95. The van der Waals surface area contributed by atoms with E-state index >= 15 is 0 Å². The molecule has 224 valence electrons. The summed E-state index contributed by atoms with van der Waals surface area (Å²) in [6.07, 6.45) is -7.88. The van der Waals surface area contributed by atoms with E-state index in [1.165, 1.54) is 0 Å². The van der Waals surface area contributed by atoms with Crippen LogP contribution in [0.2, 0.25) is 0 Å². The van der Waals surface area contributed by atoms with Gasteiger partial charge in [0.05, 0.1) is 0 Å². The molecule has 1 saturated heterocycles. The van der Waals surface area contributed by atoms with Gasteiger partial charge in [0.25, 0.3) is 0 Å². The molecule has 6 nitrogen and oxygen atoms in total. The maximum atomic E-state index is 14.6. The van der Waals surface area contributed by atoms with E-state index in [0.29, 0.717) is 0 Å². The third-order valence-electron chi connectivity index (χ3n) is 5.03. The molecule has 38 heavy (non-hydrogen) atoms. The van der Waals surface area contributed by atoms with Crippen LogP contribution in [0.3, 0.4) is 0 Å². The molecule has 0 aromatic rings. The average Bonchev–Trinajstić information content (AvgIpc) is 2.71. The van der Waals surface area contributed by atoms with Crippen molar-refractivity contribution in [2.75, 3.05) is 13.1 Å². The highest BCUT2D eigenvalue weighted by Crippen LogP contribution is 2.64. The minimum absolute atomic E-state index is 0.0967. The molecule has 1 heterocycles. The van der Waals surface area contributed by atoms with E-state index in [1.807, 2.05) is 0 Å². The molecule has 1 aliphatic heterocycles. The van der Waals surface area contributed by atoms with Gasteiger partial charge in [-0.05, 0) is 6.92 Å². The minimum Gasteiger partial charge on any atom is -0.298 e. The summed E-state index contributed by atoms with van der Waals surface area (Å²) in [5, 5.41) is -0.0967. The number of nitrogens with zero attached hydrogens (tertiary/aromatic N) is 2. The minimum atomic E-state index is -8.81. The van der Waals surface area contributed by atoms with Crippen LogP contribution in [0.25, 0.3) is 0 Å². The lowest BCUT2D eigenvalue weighted by Gasteiger charge is -2.47. The number of ketones is 1. The van der Waals surface area contributed by atoms with Crippen molar-refractivity contribution in [3.8, 4) is 0 Å². The molecular formula is C14H10F17N3O3S. The monoisotopic (exact) mass is 623 g/mol.